The summed E-state index contributed by atoms with van der Waals surface area (Å²) in [6.45, 7) is -0.0414. The van der Waals surface area contributed by atoms with E-state index in [1.54, 1.807) is 0 Å². The first-order chi connectivity index (χ1) is 13.9. The van der Waals surface area contributed by atoms with Crippen molar-refractivity contribution in [2.45, 2.75) is 44.6 Å². The van der Waals surface area contributed by atoms with Gasteiger partial charge in [-0.3, -0.25) is 29.6 Å². The average Bonchev–Trinajstić information content (AvgIpc) is 3.37. The number of primary amides is 1. The molecule has 0 aromatic carbocycles. The van der Waals surface area contributed by atoms with Gasteiger partial charge < -0.3 is 5.73 Å². The van der Waals surface area contributed by atoms with Crippen molar-refractivity contribution in [3.8, 4) is 0 Å². The van der Waals surface area contributed by atoms with Gasteiger partial charge in [0.25, 0.3) is 0 Å². The van der Waals surface area contributed by atoms with Gasteiger partial charge >= 0.3 is 0 Å². The van der Waals surface area contributed by atoms with E-state index in [1.807, 2.05) is 0 Å². The lowest BCUT2D eigenvalue weighted by molar-refractivity contribution is -0.157. The number of hydrogen-bond acceptors (Lipinski definition) is 7. The van der Waals surface area contributed by atoms with E-state index in [0.29, 0.717) is 17.4 Å². The van der Waals surface area contributed by atoms with Crippen molar-refractivity contribution in [1.82, 2.24) is 20.0 Å². The molecule has 2 heterocycles. The first-order valence-electron chi connectivity index (χ1n) is 9.68. The van der Waals surface area contributed by atoms with Crippen LogP contribution in [0.5, 0.6) is 0 Å². The van der Waals surface area contributed by atoms with Crippen molar-refractivity contribution in [2.24, 2.45) is 17.6 Å². The SMILES string of the molecule is NC(=O)[C@@H]1CCN(C(=O)C(CC2CCCC2)CN(O)C=O)N1c1ncncc1F. The Bertz CT molecular complexity index is 760. The lowest BCUT2D eigenvalue weighted by Crippen LogP contribution is -2.52. The number of aromatic nitrogens is 2. The summed E-state index contributed by atoms with van der Waals surface area (Å²) in [4.78, 5) is 43.7. The molecule has 1 unspecified atom stereocenters. The highest BCUT2D eigenvalue weighted by molar-refractivity contribution is 5.88. The first kappa shape index (κ1) is 20.9. The summed E-state index contributed by atoms with van der Waals surface area (Å²) in [5.41, 5.74) is 5.47. The molecule has 3 amide bonds. The van der Waals surface area contributed by atoms with Crippen LogP contribution in [0, 0.1) is 17.7 Å². The molecule has 11 heteroatoms. The van der Waals surface area contributed by atoms with Gasteiger partial charge in [0.05, 0.1) is 18.7 Å². The van der Waals surface area contributed by atoms with Crippen molar-refractivity contribution in [2.75, 3.05) is 18.1 Å². The fourth-order valence-corrected chi connectivity index (χ4v) is 4.24. The quantitative estimate of drug-likeness (QED) is 0.363. The molecule has 2 atom stereocenters. The number of rotatable bonds is 8. The van der Waals surface area contributed by atoms with Crippen molar-refractivity contribution in [1.29, 1.82) is 0 Å². The molecular weight excluding hydrogens is 383 g/mol. The molecule has 10 nitrogen and oxygen atoms in total. The van der Waals surface area contributed by atoms with Gasteiger partial charge in [-0.2, -0.15) is 0 Å². The Morgan fingerprint density at radius 2 is 2.10 bits per heavy atom. The van der Waals surface area contributed by atoms with Gasteiger partial charge in [-0.15, -0.1) is 0 Å². The average molecular weight is 408 g/mol. The highest BCUT2D eigenvalue weighted by Gasteiger charge is 2.43. The van der Waals surface area contributed by atoms with Gasteiger partial charge in [0.2, 0.25) is 18.2 Å². The normalized spacial score (nSPS) is 20.7. The van der Waals surface area contributed by atoms with Crippen molar-refractivity contribution in [3.05, 3.63) is 18.3 Å². The molecule has 29 heavy (non-hydrogen) atoms. The van der Waals surface area contributed by atoms with Crippen LogP contribution < -0.4 is 10.7 Å². The smallest absolute Gasteiger partial charge is 0.246 e. The van der Waals surface area contributed by atoms with Gasteiger partial charge in [0.15, 0.2) is 11.6 Å². The van der Waals surface area contributed by atoms with Crippen LogP contribution in [0.15, 0.2) is 12.5 Å². The van der Waals surface area contributed by atoms with E-state index in [4.69, 9.17) is 5.73 Å². The fourth-order valence-electron chi connectivity index (χ4n) is 4.24. The molecule has 0 bridgehead atoms. The molecular formula is C18H25FN6O4. The van der Waals surface area contributed by atoms with Crippen LogP contribution in [0.2, 0.25) is 0 Å². The van der Waals surface area contributed by atoms with E-state index in [1.165, 1.54) is 10.0 Å². The molecule has 1 aromatic heterocycles. The Hall–Kier alpha value is -2.82. The van der Waals surface area contributed by atoms with E-state index < -0.39 is 29.6 Å². The maximum absolute atomic E-state index is 14.4. The zero-order valence-corrected chi connectivity index (χ0v) is 16.0. The van der Waals surface area contributed by atoms with E-state index in [2.05, 4.69) is 9.97 Å². The maximum atomic E-state index is 14.4. The summed E-state index contributed by atoms with van der Waals surface area (Å²) < 4.78 is 14.4. The summed E-state index contributed by atoms with van der Waals surface area (Å²) in [6.07, 6.45) is 7.12. The number of nitrogens with zero attached hydrogens (tertiary/aromatic N) is 5. The number of hydrazine groups is 1. The molecule has 0 spiro atoms. The molecule has 2 aliphatic rings. The van der Waals surface area contributed by atoms with Crippen LogP contribution in [0.4, 0.5) is 10.2 Å². The second kappa shape index (κ2) is 9.12. The lowest BCUT2D eigenvalue weighted by atomic mass is 9.92. The molecule has 158 valence electrons. The predicted octanol–water partition coefficient (Wildman–Crippen LogP) is 0.467. The van der Waals surface area contributed by atoms with Gasteiger partial charge in [0, 0.05) is 6.54 Å². The van der Waals surface area contributed by atoms with E-state index >= 15 is 0 Å². The van der Waals surface area contributed by atoms with Crippen LogP contribution in [-0.2, 0) is 14.4 Å². The molecule has 1 saturated carbocycles. The zero-order chi connectivity index (χ0) is 21.0. The van der Waals surface area contributed by atoms with E-state index in [0.717, 1.165) is 38.2 Å². The number of halogens is 1. The third-order valence-corrected chi connectivity index (χ3v) is 5.59. The Kier molecular flexibility index (Phi) is 6.57. The third kappa shape index (κ3) is 4.61. The molecule has 1 aliphatic heterocycles. The van der Waals surface area contributed by atoms with Crippen LogP contribution in [0.1, 0.15) is 38.5 Å². The van der Waals surface area contributed by atoms with Crippen molar-refractivity contribution >= 4 is 24.0 Å². The van der Waals surface area contributed by atoms with E-state index in [9.17, 15) is 24.0 Å². The number of carbonyl (C=O) groups excluding carboxylic acids is 3. The van der Waals surface area contributed by atoms with Gasteiger partial charge in [-0.1, -0.05) is 25.7 Å². The largest absolute Gasteiger partial charge is 0.368 e. The maximum Gasteiger partial charge on any atom is 0.246 e. The minimum absolute atomic E-state index is 0.142. The lowest BCUT2D eigenvalue weighted by Gasteiger charge is -2.35. The topological polar surface area (TPSA) is 133 Å². The Labute approximate surface area is 167 Å². The molecule has 1 aromatic rings. The van der Waals surface area contributed by atoms with Gasteiger partial charge in [-0.25, -0.2) is 19.4 Å². The standard InChI is InChI=1S/C18H25FN6O4/c19-14-8-21-10-22-17(14)25-15(16(20)27)5-6-24(25)18(28)13(9-23(29)11-26)7-12-3-1-2-4-12/h8,10-13,15,29H,1-7,9H2,(H2,20,27)/t13?,15-/m0/s1. The molecule has 1 saturated heterocycles. The highest BCUT2D eigenvalue weighted by atomic mass is 19.1. The molecule has 2 fully saturated rings. The predicted molar refractivity (Wildman–Crippen MR) is 98.4 cm³/mol. The van der Waals surface area contributed by atoms with Crippen LogP contribution in [-0.4, -0.2) is 62.6 Å². The van der Waals surface area contributed by atoms with E-state index in [-0.39, 0.29) is 31.7 Å². The fraction of sp³-hybridized carbons (Fsp3) is 0.611. The summed E-state index contributed by atoms with van der Waals surface area (Å²) in [6, 6.07) is -0.938. The number of amides is 3. The molecule has 0 radical (unpaired) electrons. The second-order valence-electron chi connectivity index (χ2n) is 7.52. The summed E-state index contributed by atoms with van der Waals surface area (Å²) >= 11 is 0. The van der Waals surface area contributed by atoms with Crippen LogP contribution in [0.3, 0.4) is 0 Å². The van der Waals surface area contributed by atoms with Gasteiger partial charge in [0.1, 0.15) is 12.4 Å². The Morgan fingerprint density at radius 3 is 2.72 bits per heavy atom. The minimum Gasteiger partial charge on any atom is -0.368 e. The number of nitrogens with two attached hydrogens (primary N) is 1. The number of hydrogen-bond donors (Lipinski definition) is 2. The monoisotopic (exact) mass is 408 g/mol. The summed E-state index contributed by atoms with van der Waals surface area (Å²) in [5, 5.41) is 12.5. The van der Waals surface area contributed by atoms with Crippen molar-refractivity contribution < 1.29 is 24.0 Å². The molecule has 3 rings (SSSR count). The van der Waals surface area contributed by atoms with Crippen molar-refractivity contribution in [3.63, 3.8) is 0 Å². The zero-order valence-electron chi connectivity index (χ0n) is 16.0. The summed E-state index contributed by atoms with van der Waals surface area (Å²) in [7, 11) is 0. The number of anilines is 1. The number of carbonyl (C=O) groups is 3. The molecule has 1 aliphatic carbocycles. The number of hydroxylamine groups is 2. The third-order valence-electron chi connectivity index (χ3n) is 5.59. The summed E-state index contributed by atoms with van der Waals surface area (Å²) in [5.74, 6) is -2.52. The van der Waals surface area contributed by atoms with Crippen LogP contribution >= 0.6 is 0 Å². The minimum atomic E-state index is -0.938. The second-order valence-corrected chi connectivity index (χ2v) is 7.52. The molecule has 3 N–H and O–H groups in total. The Balaban J connectivity index is 1.88. The first-order valence-corrected chi connectivity index (χ1v) is 9.68. The van der Waals surface area contributed by atoms with Gasteiger partial charge in [-0.05, 0) is 18.8 Å². The Morgan fingerprint density at radius 1 is 1.38 bits per heavy atom. The highest BCUT2D eigenvalue weighted by Crippen LogP contribution is 2.33. The van der Waals surface area contributed by atoms with Crippen LogP contribution in [0.25, 0.3) is 0 Å².